The number of hydrogen-bond donors (Lipinski definition) is 2. The second-order valence-electron chi connectivity index (χ2n) is 10.2. The fourth-order valence-electron chi connectivity index (χ4n) is 6.08. The maximum absolute atomic E-state index is 13.1. The molecular weight excluding hydrogens is 444 g/mol. The van der Waals surface area contributed by atoms with Crippen LogP contribution in [0.4, 0.5) is 5.13 Å². The number of rotatable bonds is 5. The number of nitrogens with one attached hydrogen (secondary N) is 2. The largest absolute Gasteiger partial charge is 0.347 e. The summed E-state index contributed by atoms with van der Waals surface area (Å²) in [6.07, 6.45) is 7.44. The standard InChI is InChI=1S/C27H30N4O2S/c1-17-11-19-12-18(2)14-27(13-17,15-19)31-25(33)21-8-6-20(7-9-21)24(32)30-26-29-23(16-34-26)22-5-3-4-10-28-22/h3-10,16-19H,11-15H2,1-2H3,(H,31,33)(H,29,30,32). The van der Waals surface area contributed by atoms with Crippen LogP contribution in [0.5, 0.6) is 0 Å². The molecule has 3 aromatic rings. The predicted octanol–water partition coefficient (Wildman–Crippen LogP) is 5.79. The van der Waals surface area contributed by atoms with Gasteiger partial charge in [0, 0.05) is 28.2 Å². The third kappa shape index (κ3) is 4.89. The summed E-state index contributed by atoms with van der Waals surface area (Å²) < 4.78 is 0. The second kappa shape index (κ2) is 9.29. The average Bonchev–Trinajstić information content (AvgIpc) is 3.27. The lowest BCUT2D eigenvalue weighted by atomic mass is 9.61. The van der Waals surface area contributed by atoms with E-state index in [0.717, 1.165) is 30.7 Å². The van der Waals surface area contributed by atoms with E-state index in [1.807, 2.05) is 23.6 Å². The van der Waals surface area contributed by atoms with Crippen LogP contribution in [0.3, 0.4) is 0 Å². The van der Waals surface area contributed by atoms with Crippen molar-refractivity contribution < 1.29 is 9.59 Å². The lowest BCUT2D eigenvalue weighted by Crippen LogP contribution is -2.56. The second-order valence-corrected chi connectivity index (χ2v) is 11.0. The molecule has 2 aliphatic carbocycles. The topological polar surface area (TPSA) is 84.0 Å². The summed E-state index contributed by atoms with van der Waals surface area (Å²) in [5.74, 6) is 1.69. The van der Waals surface area contributed by atoms with Crippen LogP contribution in [0.1, 0.15) is 66.7 Å². The average molecular weight is 475 g/mol. The Morgan fingerprint density at radius 1 is 0.912 bits per heavy atom. The number of benzene rings is 1. The minimum absolute atomic E-state index is 0.0474. The first-order valence-corrected chi connectivity index (χ1v) is 12.9. The Balaban J connectivity index is 1.23. The quantitative estimate of drug-likeness (QED) is 0.490. The molecule has 0 radical (unpaired) electrons. The highest BCUT2D eigenvalue weighted by molar-refractivity contribution is 7.14. The van der Waals surface area contributed by atoms with E-state index in [2.05, 4.69) is 34.4 Å². The number of carbonyl (C=O) groups is 2. The third-order valence-electron chi connectivity index (χ3n) is 7.07. The highest BCUT2D eigenvalue weighted by Crippen LogP contribution is 2.47. The summed E-state index contributed by atoms with van der Waals surface area (Å²) in [6, 6.07) is 12.5. The van der Waals surface area contributed by atoms with Crippen LogP contribution >= 0.6 is 11.3 Å². The molecule has 2 aromatic heterocycles. The van der Waals surface area contributed by atoms with Crippen molar-refractivity contribution in [3.63, 3.8) is 0 Å². The van der Waals surface area contributed by atoms with Crippen molar-refractivity contribution in [2.75, 3.05) is 5.32 Å². The SMILES string of the molecule is CC1CC2CC(C)CC(NC(=O)c3ccc(C(=O)Nc4nc(-c5ccccn5)cs4)cc3)(C1)C2. The van der Waals surface area contributed by atoms with Gasteiger partial charge in [0.05, 0.1) is 5.69 Å². The maximum Gasteiger partial charge on any atom is 0.257 e. The number of anilines is 1. The van der Waals surface area contributed by atoms with Crippen molar-refractivity contribution in [2.24, 2.45) is 17.8 Å². The van der Waals surface area contributed by atoms with Crippen LogP contribution in [-0.2, 0) is 0 Å². The predicted molar refractivity (Wildman–Crippen MR) is 135 cm³/mol. The summed E-state index contributed by atoms with van der Waals surface area (Å²) in [5, 5.41) is 8.62. The van der Waals surface area contributed by atoms with E-state index in [4.69, 9.17) is 0 Å². The minimum atomic E-state index is -0.252. The molecule has 0 spiro atoms. The Bertz CT molecular complexity index is 1160. The van der Waals surface area contributed by atoms with Crippen molar-refractivity contribution >= 4 is 28.3 Å². The van der Waals surface area contributed by atoms with Crippen LogP contribution in [0.2, 0.25) is 0 Å². The number of thiazole rings is 1. The Morgan fingerprint density at radius 2 is 1.59 bits per heavy atom. The summed E-state index contributed by atoms with van der Waals surface area (Å²) in [6.45, 7) is 4.61. The molecule has 2 saturated carbocycles. The molecule has 2 fully saturated rings. The van der Waals surface area contributed by atoms with Gasteiger partial charge in [-0.25, -0.2) is 4.98 Å². The molecule has 5 rings (SSSR count). The number of fused-ring (bicyclic) bond motifs is 2. The zero-order valence-electron chi connectivity index (χ0n) is 19.6. The number of nitrogens with zero attached hydrogens (tertiary/aromatic N) is 2. The maximum atomic E-state index is 13.1. The first-order valence-electron chi connectivity index (χ1n) is 12.0. The molecule has 6 nitrogen and oxygen atoms in total. The minimum Gasteiger partial charge on any atom is -0.347 e. The van der Waals surface area contributed by atoms with Crippen molar-refractivity contribution in [2.45, 2.75) is 51.5 Å². The number of pyridine rings is 1. The first kappa shape index (κ1) is 22.7. The third-order valence-corrected chi connectivity index (χ3v) is 7.83. The van der Waals surface area contributed by atoms with E-state index in [0.29, 0.717) is 34.0 Å². The fraction of sp³-hybridized carbons (Fsp3) is 0.407. The monoisotopic (exact) mass is 474 g/mol. The van der Waals surface area contributed by atoms with Gasteiger partial charge in [0.1, 0.15) is 5.69 Å². The van der Waals surface area contributed by atoms with Gasteiger partial charge in [0.25, 0.3) is 11.8 Å². The Hall–Kier alpha value is -3.06. The van der Waals surface area contributed by atoms with Crippen molar-refractivity contribution in [1.82, 2.24) is 15.3 Å². The summed E-state index contributed by atoms with van der Waals surface area (Å²) >= 11 is 1.36. The number of carbonyl (C=O) groups excluding carboxylic acids is 2. The van der Waals surface area contributed by atoms with Gasteiger partial charge in [-0.3, -0.25) is 19.9 Å². The Kier molecular flexibility index (Phi) is 6.21. The molecule has 2 bridgehead atoms. The molecule has 2 unspecified atom stereocenters. The van der Waals surface area contributed by atoms with Crippen LogP contribution in [-0.4, -0.2) is 27.3 Å². The van der Waals surface area contributed by atoms with E-state index >= 15 is 0 Å². The van der Waals surface area contributed by atoms with Crippen LogP contribution in [0.25, 0.3) is 11.4 Å². The first-order chi connectivity index (χ1) is 16.4. The fourth-order valence-corrected chi connectivity index (χ4v) is 6.78. The zero-order valence-corrected chi connectivity index (χ0v) is 20.4. The van der Waals surface area contributed by atoms with Crippen molar-refractivity contribution in [3.05, 3.63) is 65.2 Å². The van der Waals surface area contributed by atoms with Gasteiger partial charge in [-0.05, 0) is 86.3 Å². The zero-order chi connectivity index (χ0) is 23.7. The summed E-state index contributed by atoms with van der Waals surface area (Å²) in [5.41, 5.74) is 2.47. The van der Waals surface area contributed by atoms with Gasteiger partial charge >= 0.3 is 0 Å². The molecule has 176 valence electrons. The van der Waals surface area contributed by atoms with Gasteiger partial charge in [-0.15, -0.1) is 11.3 Å². The van der Waals surface area contributed by atoms with Crippen molar-refractivity contribution in [1.29, 1.82) is 0 Å². The number of amides is 2. The van der Waals surface area contributed by atoms with E-state index in [1.165, 1.54) is 24.2 Å². The van der Waals surface area contributed by atoms with E-state index in [-0.39, 0.29) is 17.4 Å². The summed E-state index contributed by atoms with van der Waals surface area (Å²) in [4.78, 5) is 34.6. The van der Waals surface area contributed by atoms with E-state index in [1.54, 1.807) is 30.5 Å². The van der Waals surface area contributed by atoms with Crippen molar-refractivity contribution in [3.8, 4) is 11.4 Å². The van der Waals surface area contributed by atoms with Gasteiger partial charge in [-0.1, -0.05) is 19.9 Å². The Morgan fingerprint density at radius 3 is 2.24 bits per heavy atom. The molecule has 2 atom stereocenters. The normalized spacial score (nSPS) is 26.0. The van der Waals surface area contributed by atoms with Crippen LogP contribution in [0.15, 0.2) is 54.0 Å². The van der Waals surface area contributed by atoms with Crippen LogP contribution in [0, 0.1) is 17.8 Å². The molecule has 1 aromatic carbocycles. The molecule has 7 heteroatoms. The van der Waals surface area contributed by atoms with Crippen LogP contribution < -0.4 is 10.6 Å². The molecule has 2 heterocycles. The lowest BCUT2D eigenvalue weighted by molar-refractivity contribution is 0.0476. The Labute approximate surface area is 204 Å². The van der Waals surface area contributed by atoms with Gasteiger partial charge in [0.2, 0.25) is 0 Å². The van der Waals surface area contributed by atoms with Gasteiger partial charge in [0.15, 0.2) is 5.13 Å². The highest BCUT2D eigenvalue weighted by Gasteiger charge is 2.45. The van der Waals surface area contributed by atoms with Gasteiger partial charge < -0.3 is 5.32 Å². The molecule has 0 saturated heterocycles. The molecule has 0 aliphatic heterocycles. The number of aromatic nitrogens is 2. The highest BCUT2D eigenvalue weighted by atomic mass is 32.1. The molecule has 2 N–H and O–H groups in total. The number of hydrogen-bond acceptors (Lipinski definition) is 5. The molecule has 2 aliphatic rings. The summed E-state index contributed by atoms with van der Waals surface area (Å²) in [7, 11) is 0. The molecular formula is C27H30N4O2S. The molecule has 34 heavy (non-hydrogen) atoms. The van der Waals surface area contributed by atoms with E-state index in [9.17, 15) is 9.59 Å². The van der Waals surface area contributed by atoms with E-state index < -0.39 is 0 Å². The molecule has 2 amide bonds. The smallest absolute Gasteiger partial charge is 0.257 e. The lowest BCUT2D eigenvalue weighted by Gasteiger charge is -2.50. The van der Waals surface area contributed by atoms with Gasteiger partial charge in [-0.2, -0.15) is 0 Å².